The van der Waals surface area contributed by atoms with Gasteiger partial charge in [-0.1, -0.05) is 47.6 Å². The van der Waals surface area contributed by atoms with E-state index in [1.807, 2.05) is 30.3 Å². The summed E-state index contributed by atoms with van der Waals surface area (Å²) < 4.78 is 5.95. The summed E-state index contributed by atoms with van der Waals surface area (Å²) in [6.07, 6.45) is 4.73. The maximum atomic E-state index is 12.8. The van der Waals surface area contributed by atoms with Crippen LogP contribution in [0, 0.1) is 0 Å². The van der Waals surface area contributed by atoms with Gasteiger partial charge in [-0.05, 0) is 35.4 Å². The van der Waals surface area contributed by atoms with E-state index in [0.29, 0.717) is 18.5 Å². The standard InChI is InChI=1S/C26H28N4O3.ClH/c31-26(23-9-6-12-27-18-23)33-25(17-21-7-4-5-8-22(21)19-28-32)20-29-13-15-30(16-14-29)24-10-2-1-3-11-24;/h1-12,18-19,25,32H,13-17,20H2;1H. The Kier molecular flexibility index (Phi) is 9.43. The van der Waals surface area contributed by atoms with Crippen LogP contribution in [-0.4, -0.2) is 66.1 Å². The minimum atomic E-state index is -0.385. The molecule has 4 rings (SSSR count). The topological polar surface area (TPSA) is 78.3 Å². The first-order valence-electron chi connectivity index (χ1n) is 11.1. The number of hydrogen-bond donors (Lipinski definition) is 1. The van der Waals surface area contributed by atoms with Crippen molar-refractivity contribution in [1.82, 2.24) is 9.88 Å². The molecule has 0 bridgehead atoms. The highest BCUT2D eigenvalue weighted by Crippen LogP contribution is 2.18. The van der Waals surface area contributed by atoms with Crippen molar-refractivity contribution in [3.63, 3.8) is 0 Å². The fraction of sp³-hybridized carbons (Fsp3) is 0.269. The van der Waals surface area contributed by atoms with Crippen LogP contribution >= 0.6 is 12.4 Å². The second-order valence-electron chi connectivity index (χ2n) is 8.04. The number of aromatic nitrogens is 1. The second kappa shape index (κ2) is 12.7. The van der Waals surface area contributed by atoms with Crippen LogP contribution in [0.25, 0.3) is 0 Å². The Labute approximate surface area is 206 Å². The molecule has 8 heteroatoms. The Bertz CT molecular complexity index is 1060. The summed E-state index contributed by atoms with van der Waals surface area (Å²) in [5.41, 5.74) is 3.43. The number of pyridine rings is 1. The van der Waals surface area contributed by atoms with Crippen molar-refractivity contribution in [1.29, 1.82) is 0 Å². The van der Waals surface area contributed by atoms with E-state index >= 15 is 0 Å². The summed E-state index contributed by atoms with van der Waals surface area (Å²) in [7, 11) is 0. The molecule has 0 radical (unpaired) electrons. The van der Waals surface area contributed by atoms with Gasteiger partial charge in [0.2, 0.25) is 0 Å². The number of esters is 1. The number of nitrogens with zero attached hydrogens (tertiary/aromatic N) is 4. The molecule has 1 aliphatic rings. The lowest BCUT2D eigenvalue weighted by atomic mass is 10.0. The van der Waals surface area contributed by atoms with Crippen molar-refractivity contribution in [2.45, 2.75) is 12.5 Å². The molecule has 1 atom stereocenters. The predicted octanol–water partition coefficient (Wildman–Crippen LogP) is 3.90. The lowest BCUT2D eigenvalue weighted by Gasteiger charge is -2.37. The maximum Gasteiger partial charge on any atom is 0.340 e. The lowest BCUT2D eigenvalue weighted by molar-refractivity contribution is 0.0198. The van der Waals surface area contributed by atoms with E-state index in [-0.39, 0.29) is 24.5 Å². The van der Waals surface area contributed by atoms with Crippen LogP contribution in [0.4, 0.5) is 5.69 Å². The van der Waals surface area contributed by atoms with Crippen molar-refractivity contribution in [2.75, 3.05) is 37.6 Å². The molecule has 2 aromatic carbocycles. The van der Waals surface area contributed by atoms with Gasteiger partial charge in [-0.3, -0.25) is 9.88 Å². The number of piperazine rings is 1. The fourth-order valence-electron chi connectivity index (χ4n) is 4.12. The number of hydrogen-bond acceptors (Lipinski definition) is 7. The van der Waals surface area contributed by atoms with Crippen molar-refractivity contribution < 1.29 is 14.7 Å². The number of carbonyl (C=O) groups is 1. The van der Waals surface area contributed by atoms with Crippen LogP contribution in [0.3, 0.4) is 0 Å². The van der Waals surface area contributed by atoms with E-state index in [2.05, 4.69) is 44.2 Å². The van der Waals surface area contributed by atoms with Gasteiger partial charge >= 0.3 is 5.97 Å². The number of oxime groups is 1. The first kappa shape index (κ1) is 25.2. The molecule has 2 heterocycles. The summed E-state index contributed by atoms with van der Waals surface area (Å²) >= 11 is 0. The summed E-state index contributed by atoms with van der Waals surface area (Å²) in [6.45, 7) is 4.23. The maximum absolute atomic E-state index is 12.8. The molecule has 178 valence electrons. The highest BCUT2D eigenvalue weighted by molar-refractivity contribution is 5.89. The Hall–Kier alpha value is -3.42. The molecule has 0 saturated carbocycles. The molecular weight excluding hydrogens is 452 g/mol. The molecule has 0 spiro atoms. The Morgan fingerprint density at radius 2 is 1.76 bits per heavy atom. The largest absolute Gasteiger partial charge is 0.457 e. The van der Waals surface area contributed by atoms with Crippen LogP contribution < -0.4 is 4.90 Å². The molecule has 1 N–H and O–H groups in total. The smallest absolute Gasteiger partial charge is 0.340 e. The SMILES string of the molecule is Cl.O=C(OC(Cc1ccccc1C=NO)CN1CCN(c2ccccc2)CC1)c1cccnc1. The van der Waals surface area contributed by atoms with Crippen LogP contribution in [0.2, 0.25) is 0 Å². The van der Waals surface area contributed by atoms with Crippen molar-refractivity contribution in [3.8, 4) is 0 Å². The van der Waals surface area contributed by atoms with Gasteiger partial charge in [-0.2, -0.15) is 0 Å². The molecule has 1 aliphatic heterocycles. The molecule has 1 saturated heterocycles. The molecule has 0 aliphatic carbocycles. The second-order valence-corrected chi connectivity index (χ2v) is 8.04. The van der Waals surface area contributed by atoms with Gasteiger partial charge in [0.05, 0.1) is 11.8 Å². The molecule has 34 heavy (non-hydrogen) atoms. The zero-order chi connectivity index (χ0) is 22.9. The Morgan fingerprint density at radius 3 is 2.47 bits per heavy atom. The monoisotopic (exact) mass is 480 g/mol. The normalized spacial score (nSPS) is 15.0. The minimum absolute atomic E-state index is 0. The quantitative estimate of drug-likeness (QED) is 0.228. The molecule has 1 aromatic heterocycles. The molecule has 0 amide bonds. The van der Waals surface area contributed by atoms with Crippen molar-refractivity contribution in [3.05, 3.63) is 95.8 Å². The van der Waals surface area contributed by atoms with Gasteiger partial charge in [0.1, 0.15) is 6.10 Å². The predicted molar refractivity (Wildman–Crippen MR) is 135 cm³/mol. The number of halogens is 1. The Balaban J connectivity index is 0.00000324. The van der Waals surface area contributed by atoms with E-state index in [1.54, 1.807) is 18.3 Å². The number of rotatable bonds is 8. The fourth-order valence-corrected chi connectivity index (χ4v) is 4.12. The third-order valence-electron chi connectivity index (χ3n) is 5.83. The van der Waals surface area contributed by atoms with Gasteiger partial charge in [0, 0.05) is 57.2 Å². The minimum Gasteiger partial charge on any atom is -0.457 e. The van der Waals surface area contributed by atoms with Gasteiger partial charge in [-0.15, -0.1) is 12.4 Å². The van der Waals surface area contributed by atoms with Gasteiger partial charge in [0.25, 0.3) is 0 Å². The Morgan fingerprint density at radius 1 is 1.03 bits per heavy atom. The van der Waals surface area contributed by atoms with Crippen LogP contribution in [0.15, 0.2) is 84.3 Å². The third-order valence-corrected chi connectivity index (χ3v) is 5.83. The summed E-state index contributed by atoms with van der Waals surface area (Å²) in [5.74, 6) is -0.385. The highest BCUT2D eigenvalue weighted by atomic mass is 35.5. The number of carbonyl (C=O) groups excluding carboxylic acids is 1. The molecule has 1 unspecified atom stereocenters. The number of anilines is 1. The number of ether oxygens (including phenoxy) is 1. The molecule has 3 aromatic rings. The summed E-state index contributed by atoms with van der Waals surface area (Å²) in [5, 5.41) is 12.2. The van der Waals surface area contributed by atoms with E-state index in [4.69, 9.17) is 9.94 Å². The number of para-hydroxylation sites is 1. The van der Waals surface area contributed by atoms with Crippen LogP contribution in [0.1, 0.15) is 21.5 Å². The van der Waals surface area contributed by atoms with E-state index in [1.165, 1.54) is 18.1 Å². The van der Waals surface area contributed by atoms with E-state index < -0.39 is 0 Å². The number of benzene rings is 2. The first-order valence-corrected chi connectivity index (χ1v) is 11.1. The highest BCUT2D eigenvalue weighted by Gasteiger charge is 2.24. The molecule has 7 nitrogen and oxygen atoms in total. The summed E-state index contributed by atoms with van der Waals surface area (Å²) in [6, 6.07) is 21.5. The lowest BCUT2D eigenvalue weighted by Crippen LogP contribution is -2.49. The van der Waals surface area contributed by atoms with E-state index in [9.17, 15) is 4.79 Å². The molecule has 1 fully saturated rings. The van der Waals surface area contributed by atoms with Gasteiger partial charge in [0.15, 0.2) is 0 Å². The molecular formula is C26H29ClN4O3. The van der Waals surface area contributed by atoms with Crippen molar-refractivity contribution >= 4 is 30.3 Å². The zero-order valence-corrected chi connectivity index (χ0v) is 19.7. The van der Waals surface area contributed by atoms with Crippen LogP contribution in [-0.2, 0) is 11.2 Å². The zero-order valence-electron chi connectivity index (χ0n) is 18.9. The van der Waals surface area contributed by atoms with Gasteiger partial charge < -0.3 is 14.8 Å². The van der Waals surface area contributed by atoms with Gasteiger partial charge in [-0.25, -0.2) is 4.79 Å². The van der Waals surface area contributed by atoms with Crippen molar-refractivity contribution in [2.24, 2.45) is 5.16 Å². The van der Waals surface area contributed by atoms with E-state index in [0.717, 1.165) is 37.3 Å². The summed E-state index contributed by atoms with van der Waals surface area (Å²) in [4.78, 5) is 21.5. The average molecular weight is 481 g/mol. The van der Waals surface area contributed by atoms with Crippen LogP contribution in [0.5, 0.6) is 0 Å². The third kappa shape index (κ3) is 6.79. The average Bonchev–Trinajstić information content (AvgIpc) is 2.87. The first-order chi connectivity index (χ1) is 16.2.